The first-order valence-electron chi connectivity index (χ1n) is 6.95. The number of hydrogen-bond donors (Lipinski definition) is 3. The number of carbonyl (C=O) groups is 3. The van der Waals surface area contributed by atoms with Crippen molar-refractivity contribution in [3.63, 3.8) is 0 Å². The molecule has 0 saturated heterocycles. The standard InChI is InChI=1S/C13H23N3O4/c1-3-4-10(7-12(18)19)15-13(20)16(2)8-11(17)14-9-5-6-9/h9-10H,3-8H2,1-2H3,(H,14,17)(H,15,20)(H,18,19). The Morgan fingerprint density at radius 1 is 1.35 bits per heavy atom. The van der Waals surface area contributed by atoms with E-state index in [1.54, 1.807) is 0 Å². The highest BCUT2D eigenvalue weighted by Crippen LogP contribution is 2.18. The fraction of sp³-hybridized carbons (Fsp3) is 0.769. The molecule has 1 aliphatic carbocycles. The first-order chi connectivity index (χ1) is 9.42. The normalized spacial score (nSPS) is 15.3. The molecule has 3 amide bonds. The van der Waals surface area contributed by atoms with Crippen LogP contribution in [0.3, 0.4) is 0 Å². The van der Waals surface area contributed by atoms with Gasteiger partial charge < -0.3 is 20.6 Å². The highest BCUT2D eigenvalue weighted by molar-refractivity contribution is 5.84. The SMILES string of the molecule is CCCC(CC(=O)O)NC(=O)N(C)CC(=O)NC1CC1. The van der Waals surface area contributed by atoms with E-state index < -0.39 is 18.0 Å². The van der Waals surface area contributed by atoms with E-state index in [1.807, 2.05) is 6.92 Å². The molecule has 0 bridgehead atoms. The predicted molar refractivity (Wildman–Crippen MR) is 73.3 cm³/mol. The molecule has 114 valence electrons. The predicted octanol–water partition coefficient (Wildman–Crippen LogP) is 0.550. The Morgan fingerprint density at radius 2 is 2.00 bits per heavy atom. The molecule has 0 aromatic heterocycles. The fourth-order valence-corrected chi connectivity index (χ4v) is 1.86. The summed E-state index contributed by atoms with van der Waals surface area (Å²) in [5.74, 6) is -1.13. The highest BCUT2D eigenvalue weighted by atomic mass is 16.4. The molecule has 0 spiro atoms. The van der Waals surface area contributed by atoms with Gasteiger partial charge in [-0.3, -0.25) is 9.59 Å². The summed E-state index contributed by atoms with van der Waals surface area (Å²) in [7, 11) is 1.52. The molecule has 0 aromatic carbocycles. The zero-order valence-corrected chi connectivity index (χ0v) is 12.0. The lowest BCUT2D eigenvalue weighted by molar-refractivity contribution is -0.137. The number of nitrogens with one attached hydrogen (secondary N) is 2. The zero-order valence-electron chi connectivity index (χ0n) is 12.0. The van der Waals surface area contributed by atoms with Crippen molar-refractivity contribution in [3.05, 3.63) is 0 Å². The topological polar surface area (TPSA) is 98.7 Å². The molecule has 0 heterocycles. The van der Waals surface area contributed by atoms with E-state index >= 15 is 0 Å². The van der Waals surface area contributed by atoms with Gasteiger partial charge in [0.1, 0.15) is 6.54 Å². The van der Waals surface area contributed by atoms with Crippen LogP contribution in [0.1, 0.15) is 39.0 Å². The molecule has 3 N–H and O–H groups in total. The number of amides is 3. The molecule has 7 nitrogen and oxygen atoms in total. The second-order valence-corrected chi connectivity index (χ2v) is 5.23. The van der Waals surface area contributed by atoms with Crippen LogP contribution in [0.5, 0.6) is 0 Å². The van der Waals surface area contributed by atoms with E-state index in [2.05, 4.69) is 10.6 Å². The first-order valence-corrected chi connectivity index (χ1v) is 6.95. The third-order valence-electron chi connectivity index (χ3n) is 3.06. The van der Waals surface area contributed by atoms with Gasteiger partial charge in [-0.25, -0.2) is 4.79 Å². The van der Waals surface area contributed by atoms with Crippen molar-refractivity contribution in [2.75, 3.05) is 13.6 Å². The molecular weight excluding hydrogens is 262 g/mol. The summed E-state index contributed by atoms with van der Waals surface area (Å²) in [5.41, 5.74) is 0. The average Bonchev–Trinajstić information content (AvgIpc) is 3.11. The summed E-state index contributed by atoms with van der Waals surface area (Å²) in [6.45, 7) is 1.90. The van der Waals surface area contributed by atoms with Gasteiger partial charge in [-0.1, -0.05) is 13.3 Å². The fourth-order valence-electron chi connectivity index (χ4n) is 1.86. The Labute approximate surface area is 118 Å². The quantitative estimate of drug-likeness (QED) is 0.606. The van der Waals surface area contributed by atoms with Gasteiger partial charge >= 0.3 is 12.0 Å². The Balaban J connectivity index is 2.36. The van der Waals surface area contributed by atoms with Crippen molar-refractivity contribution < 1.29 is 19.5 Å². The van der Waals surface area contributed by atoms with Crippen molar-refractivity contribution in [1.82, 2.24) is 15.5 Å². The molecule has 0 aliphatic heterocycles. The molecule has 1 atom stereocenters. The van der Waals surface area contributed by atoms with Crippen LogP contribution >= 0.6 is 0 Å². The maximum Gasteiger partial charge on any atom is 0.317 e. The minimum Gasteiger partial charge on any atom is -0.481 e. The monoisotopic (exact) mass is 285 g/mol. The number of hydrogen-bond acceptors (Lipinski definition) is 3. The second kappa shape index (κ2) is 7.72. The molecular formula is C13H23N3O4. The number of carbonyl (C=O) groups excluding carboxylic acids is 2. The van der Waals surface area contributed by atoms with Crippen molar-refractivity contribution in [2.24, 2.45) is 0 Å². The highest BCUT2D eigenvalue weighted by Gasteiger charge is 2.25. The van der Waals surface area contributed by atoms with Crippen LogP contribution in [0.4, 0.5) is 4.79 Å². The van der Waals surface area contributed by atoms with Crippen LogP contribution in [0.15, 0.2) is 0 Å². The number of carboxylic acids is 1. The van der Waals surface area contributed by atoms with E-state index in [9.17, 15) is 14.4 Å². The lowest BCUT2D eigenvalue weighted by atomic mass is 10.1. The third kappa shape index (κ3) is 6.40. The smallest absolute Gasteiger partial charge is 0.317 e. The van der Waals surface area contributed by atoms with E-state index in [1.165, 1.54) is 11.9 Å². The summed E-state index contributed by atoms with van der Waals surface area (Å²) in [6.07, 6.45) is 3.27. The third-order valence-corrected chi connectivity index (χ3v) is 3.06. The number of nitrogens with zero attached hydrogens (tertiary/aromatic N) is 1. The van der Waals surface area contributed by atoms with Crippen molar-refractivity contribution in [1.29, 1.82) is 0 Å². The van der Waals surface area contributed by atoms with Crippen LogP contribution in [-0.4, -0.2) is 53.6 Å². The van der Waals surface area contributed by atoms with E-state index in [0.29, 0.717) is 6.42 Å². The molecule has 1 rings (SSSR count). The largest absolute Gasteiger partial charge is 0.481 e. The Hall–Kier alpha value is -1.79. The van der Waals surface area contributed by atoms with E-state index in [4.69, 9.17) is 5.11 Å². The molecule has 1 fully saturated rings. The number of urea groups is 1. The van der Waals surface area contributed by atoms with Gasteiger partial charge in [0.15, 0.2) is 0 Å². The van der Waals surface area contributed by atoms with Crippen molar-refractivity contribution >= 4 is 17.9 Å². The minimum atomic E-state index is -0.946. The molecule has 20 heavy (non-hydrogen) atoms. The second-order valence-electron chi connectivity index (χ2n) is 5.23. The summed E-state index contributed by atoms with van der Waals surface area (Å²) < 4.78 is 0. The van der Waals surface area contributed by atoms with Gasteiger partial charge in [0, 0.05) is 19.1 Å². The van der Waals surface area contributed by atoms with Gasteiger partial charge in [0.25, 0.3) is 0 Å². The number of aliphatic carboxylic acids is 1. The van der Waals surface area contributed by atoms with Crippen molar-refractivity contribution in [3.8, 4) is 0 Å². The summed E-state index contributed by atoms with van der Waals surface area (Å²) in [4.78, 5) is 35.4. The summed E-state index contributed by atoms with van der Waals surface area (Å²) >= 11 is 0. The van der Waals surface area contributed by atoms with Gasteiger partial charge in [-0.15, -0.1) is 0 Å². The van der Waals surface area contributed by atoms with E-state index in [-0.39, 0.29) is 24.9 Å². The van der Waals surface area contributed by atoms with Crippen LogP contribution < -0.4 is 10.6 Å². The average molecular weight is 285 g/mol. The first kappa shape index (κ1) is 16.3. The van der Waals surface area contributed by atoms with Gasteiger partial charge in [-0.2, -0.15) is 0 Å². The van der Waals surface area contributed by atoms with Crippen molar-refractivity contribution in [2.45, 2.75) is 51.1 Å². The van der Waals surface area contributed by atoms with Crippen LogP contribution in [0.25, 0.3) is 0 Å². The maximum absolute atomic E-state index is 11.9. The minimum absolute atomic E-state index is 0.0196. The number of carboxylic acid groups (broad SMARTS) is 1. The number of rotatable bonds is 8. The van der Waals surface area contributed by atoms with Crippen LogP contribution in [0.2, 0.25) is 0 Å². The lowest BCUT2D eigenvalue weighted by Gasteiger charge is -2.22. The summed E-state index contributed by atoms with van der Waals surface area (Å²) in [6, 6.07) is -0.562. The Kier molecular flexibility index (Phi) is 6.27. The van der Waals surface area contributed by atoms with Gasteiger partial charge in [0.05, 0.1) is 6.42 Å². The van der Waals surface area contributed by atoms with Gasteiger partial charge in [-0.05, 0) is 19.3 Å². The molecule has 1 aliphatic rings. The number of likely N-dealkylation sites (N-methyl/N-ethyl adjacent to an activating group) is 1. The molecule has 1 saturated carbocycles. The van der Waals surface area contributed by atoms with E-state index in [0.717, 1.165) is 19.3 Å². The Morgan fingerprint density at radius 3 is 2.50 bits per heavy atom. The van der Waals surface area contributed by atoms with Gasteiger partial charge in [0.2, 0.25) is 5.91 Å². The maximum atomic E-state index is 11.9. The molecule has 0 radical (unpaired) electrons. The molecule has 0 aromatic rings. The Bertz CT molecular complexity index is 369. The zero-order chi connectivity index (χ0) is 15.1. The molecule has 7 heteroatoms. The van der Waals surface area contributed by atoms with Crippen LogP contribution in [0, 0.1) is 0 Å². The summed E-state index contributed by atoms with van der Waals surface area (Å²) in [5, 5.41) is 14.2. The van der Waals surface area contributed by atoms with Crippen LogP contribution in [-0.2, 0) is 9.59 Å². The lowest BCUT2D eigenvalue weighted by Crippen LogP contribution is -2.47. The molecule has 1 unspecified atom stereocenters.